The lowest BCUT2D eigenvalue weighted by Gasteiger charge is -2.27. The van der Waals surface area contributed by atoms with Gasteiger partial charge in [0.2, 0.25) is 17.7 Å². The third-order valence-corrected chi connectivity index (χ3v) is 8.08. The van der Waals surface area contributed by atoms with E-state index >= 15 is 0 Å². The molecule has 3 aliphatic rings. The second-order valence-electron chi connectivity index (χ2n) is 10.9. The molecule has 3 aliphatic heterocycles. The highest BCUT2D eigenvalue weighted by molar-refractivity contribution is 5.78. The molecule has 2 aromatic heterocycles. The van der Waals surface area contributed by atoms with Crippen molar-refractivity contribution in [2.24, 2.45) is 0 Å². The van der Waals surface area contributed by atoms with Crippen molar-refractivity contribution in [2.45, 2.75) is 51.1 Å². The number of ether oxygens (including phenoxy) is 2. The highest BCUT2D eigenvalue weighted by Gasteiger charge is 2.29. The summed E-state index contributed by atoms with van der Waals surface area (Å²) in [5.41, 5.74) is 0.990. The number of rotatable bonds is 9. The highest BCUT2D eigenvalue weighted by Crippen LogP contribution is 2.30. The Labute approximate surface area is 238 Å². The monoisotopic (exact) mass is 569 g/mol. The van der Waals surface area contributed by atoms with Crippen LogP contribution in [0.2, 0.25) is 0 Å². The summed E-state index contributed by atoms with van der Waals surface area (Å²) in [6, 6.07) is 8.59. The van der Waals surface area contributed by atoms with Crippen LogP contribution in [0.1, 0.15) is 50.8 Å². The first kappa shape index (κ1) is 27.8. The van der Waals surface area contributed by atoms with E-state index in [0.717, 1.165) is 26.1 Å². The molecule has 1 aromatic carbocycles. The number of alkyl halides is 2. The zero-order valence-electron chi connectivity index (χ0n) is 23.3. The molecular formula is C29H37F2N7O3. The fourth-order valence-corrected chi connectivity index (χ4v) is 5.93. The number of halogens is 2. The van der Waals surface area contributed by atoms with Crippen LogP contribution in [0.15, 0.2) is 30.3 Å². The molecule has 0 radical (unpaired) electrons. The maximum Gasteiger partial charge on any atom is 0.296 e. The molecular weight excluding hydrogens is 532 g/mol. The van der Waals surface area contributed by atoms with Gasteiger partial charge < -0.3 is 24.2 Å². The Balaban J connectivity index is 1.19. The number of imidazole rings is 1. The van der Waals surface area contributed by atoms with Crippen LogP contribution < -0.4 is 9.64 Å². The van der Waals surface area contributed by atoms with E-state index in [1.807, 2.05) is 9.80 Å². The summed E-state index contributed by atoms with van der Waals surface area (Å²) in [6.45, 7) is 6.56. The van der Waals surface area contributed by atoms with Crippen molar-refractivity contribution >= 4 is 22.9 Å². The number of likely N-dealkylation sites (tertiary alicyclic amines) is 2. The molecule has 41 heavy (non-hydrogen) atoms. The Hall–Kier alpha value is -3.38. The summed E-state index contributed by atoms with van der Waals surface area (Å²) in [5.74, 6) is 0.716. The Morgan fingerprint density at radius 1 is 1.02 bits per heavy atom. The van der Waals surface area contributed by atoms with Gasteiger partial charge in [0.05, 0.1) is 30.8 Å². The predicted molar refractivity (Wildman–Crippen MR) is 150 cm³/mol. The van der Waals surface area contributed by atoms with E-state index in [1.54, 1.807) is 30.3 Å². The minimum atomic E-state index is -2.79. The first-order valence-corrected chi connectivity index (χ1v) is 14.7. The number of carbonyl (C=O) groups is 1. The molecule has 0 saturated carbocycles. The van der Waals surface area contributed by atoms with Crippen LogP contribution in [-0.2, 0) is 9.53 Å². The third-order valence-electron chi connectivity index (χ3n) is 8.08. The molecule has 3 saturated heterocycles. The molecule has 3 fully saturated rings. The van der Waals surface area contributed by atoms with Gasteiger partial charge in [0.25, 0.3) is 6.43 Å². The summed E-state index contributed by atoms with van der Waals surface area (Å²) in [5, 5.41) is 0. The molecule has 10 nitrogen and oxygen atoms in total. The Kier molecular flexibility index (Phi) is 8.56. The molecule has 3 aromatic rings. The normalized spacial score (nSPS) is 20.3. The van der Waals surface area contributed by atoms with Crippen LogP contribution in [0.25, 0.3) is 16.9 Å². The van der Waals surface area contributed by atoms with Crippen LogP contribution in [0.4, 0.5) is 14.7 Å². The minimum absolute atomic E-state index is 0.150. The predicted octanol–water partition coefficient (Wildman–Crippen LogP) is 3.84. The van der Waals surface area contributed by atoms with E-state index in [-0.39, 0.29) is 23.7 Å². The van der Waals surface area contributed by atoms with Crippen molar-refractivity contribution in [2.75, 3.05) is 63.9 Å². The van der Waals surface area contributed by atoms with Gasteiger partial charge in [0, 0.05) is 38.5 Å². The summed E-state index contributed by atoms with van der Waals surface area (Å²) in [4.78, 5) is 32.7. The number of anilines is 1. The number of benzene rings is 1. The van der Waals surface area contributed by atoms with Gasteiger partial charge in [-0.05, 0) is 51.0 Å². The molecule has 0 bridgehead atoms. The number of para-hydroxylation sites is 2. The Morgan fingerprint density at radius 3 is 2.63 bits per heavy atom. The van der Waals surface area contributed by atoms with Gasteiger partial charge in [-0.1, -0.05) is 18.6 Å². The van der Waals surface area contributed by atoms with Crippen LogP contribution in [-0.4, -0.2) is 100 Å². The summed E-state index contributed by atoms with van der Waals surface area (Å²) in [7, 11) is 0. The van der Waals surface area contributed by atoms with Gasteiger partial charge in [-0.25, -0.2) is 13.8 Å². The fraction of sp³-hybridized carbons (Fsp3) is 0.586. The zero-order valence-corrected chi connectivity index (χ0v) is 23.3. The van der Waals surface area contributed by atoms with Gasteiger partial charge in [0.15, 0.2) is 5.82 Å². The van der Waals surface area contributed by atoms with E-state index in [1.165, 1.54) is 23.8 Å². The molecule has 0 N–H and O–H groups in total. The number of amides is 1. The largest absolute Gasteiger partial charge is 0.472 e. The topological polar surface area (TPSA) is 88.9 Å². The van der Waals surface area contributed by atoms with Crippen molar-refractivity contribution in [3.05, 3.63) is 36.2 Å². The van der Waals surface area contributed by atoms with Crippen molar-refractivity contribution in [3.63, 3.8) is 0 Å². The van der Waals surface area contributed by atoms with Crippen molar-refractivity contribution in [1.82, 2.24) is 29.3 Å². The number of carbonyl (C=O) groups excluding carboxylic acids is 1. The van der Waals surface area contributed by atoms with Gasteiger partial charge in [-0.15, -0.1) is 0 Å². The molecule has 0 spiro atoms. The molecule has 1 atom stereocenters. The Bertz CT molecular complexity index is 1340. The second kappa shape index (κ2) is 12.6. The lowest BCUT2D eigenvalue weighted by molar-refractivity contribution is -0.130. The molecule has 0 unspecified atom stereocenters. The van der Waals surface area contributed by atoms with Crippen molar-refractivity contribution in [3.8, 4) is 11.7 Å². The average Bonchev–Trinajstić information content (AvgIpc) is 3.63. The first-order valence-electron chi connectivity index (χ1n) is 14.7. The van der Waals surface area contributed by atoms with Gasteiger partial charge in [-0.2, -0.15) is 9.97 Å². The fourth-order valence-electron chi connectivity index (χ4n) is 5.93. The summed E-state index contributed by atoms with van der Waals surface area (Å²) < 4.78 is 41.4. The number of nitrogens with zero attached hydrogens (tertiary/aromatic N) is 7. The quantitative estimate of drug-likeness (QED) is 0.384. The van der Waals surface area contributed by atoms with E-state index in [9.17, 15) is 13.6 Å². The van der Waals surface area contributed by atoms with E-state index in [0.29, 0.717) is 75.1 Å². The average molecular weight is 570 g/mol. The highest BCUT2D eigenvalue weighted by atomic mass is 19.3. The Morgan fingerprint density at radius 2 is 1.83 bits per heavy atom. The SMILES string of the molecule is O=C(CCCN1CCCCC1)N1CC[C@H](Oc2cc(-n3c(C(F)F)nc4ccccc43)nc(N3CCOCC3)n2)C1. The second-order valence-corrected chi connectivity index (χ2v) is 10.9. The number of hydrogen-bond acceptors (Lipinski definition) is 8. The molecule has 0 aliphatic carbocycles. The van der Waals surface area contributed by atoms with Gasteiger partial charge in [0.1, 0.15) is 11.9 Å². The molecule has 5 heterocycles. The van der Waals surface area contributed by atoms with Crippen LogP contribution in [0.3, 0.4) is 0 Å². The molecule has 12 heteroatoms. The van der Waals surface area contributed by atoms with E-state index < -0.39 is 6.43 Å². The van der Waals surface area contributed by atoms with Crippen molar-refractivity contribution < 1.29 is 23.0 Å². The van der Waals surface area contributed by atoms with Crippen molar-refractivity contribution in [1.29, 1.82) is 0 Å². The number of piperidine rings is 1. The minimum Gasteiger partial charge on any atom is -0.472 e. The summed E-state index contributed by atoms with van der Waals surface area (Å²) >= 11 is 0. The maximum absolute atomic E-state index is 14.1. The summed E-state index contributed by atoms with van der Waals surface area (Å²) in [6.07, 6.45) is 2.85. The number of hydrogen-bond donors (Lipinski definition) is 0. The van der Waals surface area contributed by atoms with Crippen LogP contribution in [0, 0.1) is 0 Å². The molecule has 220 valence electrons. The third kappa shape index (κ3) is 6.43. The smallest absolute Gasteiger partial charge is 0.296 e. The van der Waals surface area contributed by atoms with E-state index in [4.69, 9.17) is 9.47 Å². The first-order chi connectivity index (χ1) is 20.0. The maximum atomic E-state index is 14.1. The van der Waals surface area contributed by atoms with Gasteiger partial charge in [-0.3, -0.25) is 9.36 Å². The zero-order chi connectivity index (χ0) is 28.2. The van der Waals surface area contributed by atoms with Gasteiger partial charge >= 0.3 is 0 Å². The number of fused-ring (bicyclic) bond motifs is 1. The lowest BCUT2D eigenvalue weighted by Crippen LogP contribution is -2.37. The number of aromatic nitrogens is 4. The molecule has 1 amide bonds. The standard InChI is InChI=1S/C29H37F2N7O3/c30-27(31)28-32-22-7-2-3-8-23(22)38(28)24-19-25(34-29(33-24)36-15-17-40-18-16-36)41-21-10-14-37(20-21)26(39)9-6-13-35-11-4-1-5-12-35/h2-3,7-8,19,21,27H,1,4-6,9-18,20H2/t21-/m0/s1. The lowest BCUT2D eigenvalue weighted by atomic mass is 10.1. The van der Waals surface area contributed by atoms with Crippen LogP contribution in [0.5, 0.6) is 5.88 Å². The van der Waals surface area contributed by atoms with E-state index in [2.05, 4.69) is 19.9 Å². The van der Waals surface area contributed by atoms with Crippen LogP contribution >= 0.6 is 0 Å². The molecule has 6 rings (SSSR count). The number of morpholine rings is 1.